The summed E-state index contributed by atoms with van der Waals surface area (Å²) < 4.78 is 0. The number of aromatic nitrogens is 2. The van der Waals surface area contributed by atoms with Crippen molar-refractivity contribution in [2.75, 3.05) is 0 Å². The van der Waals surface area contributed by atoms with Gasteiger partial charge in [0, 0.05) is 16.5 Å². The molecule has 1 fully saturated rings. The van der Waals surface area contributed by atoms with E-state index in [1.807, 2.05) is 11.8 Å². The second kappa shape index (κ2) is 6.45. The first-order valence-corrected chi connectivity index (χ1v) is 8.91. The Balaban J connectivity index is 1.71. The van der Waals surface area contributed by atoms with Crippen LogP contribution in [0.5, 0.6) is 0 Å². The summed E-state index contributed by atoms with van der Waals surface area (Å²) in [6.45, 7) is 0. The van der Waals surface area contributed by atoms with Crippen LogP contribution in [-0.2, 0) is 18.6 Å². The predicted octanol–water partition coefficient (Wildman–Crippen LogP) is 4.57. The van der Waals surface area contributed by atoms with E-state index < -0.39 is 0 Å². The number of nitrogens with zero attached hydrogens (tertiary/aromatic N) is 2. The third-order valence-corrected chi connectivity index (χ3v) is 5.86. The van der Waals surface area contributed by atoms with Crippen LogP contribution in [0.2, 0.25) is 5.15 Å². The highest BCUT2D eigenvalue weighted by atomic mass is 35.5. The molecule has 0 bridgehead atoms. The van der Waals surface area contributed by atoms with Crippen LogP contribution >= 0.6 is 23.4 Å². The molecule has 0 saturated heterocycles. The standard InChI is InChI=1S/C15H21ClN2S/c16-15-12-8-2-1-3-9-13(12)17-14(18-15)10-19-11-6-4-5-7-11/h11H,1-10H2. The summed E-state index contributed by atoms with van der Waals surface area (Å²) in [4.78, 5) is 9.30. The van der Waals surface area contributed by atoms with Crippen LogP contribution in [0, 0.1) is 0 Å². The Labute approximate surface area is 124 Å². The van der Waals surface area contributed by atoms with E-state index in [2.05, 4.69) is 4.98 Å². The fraction of sp³-hybridized carbons (Fsp3) is 0.733. The van der Waals surface area contributed by atoms with Crippen molar-refractivity contribution in [3.63, 3.8) is 0 Å². The van der Waals surface area contributed by atoms with Gasteiger partial charge in [0.05, 0.1) is 5.75 Å². The number of halogens is 1. The van der Waals surface area contributed by atoms with Gasteiger partial charge >= 0.3 is 0 Å². The summed E-state index contributed by atoms with van der Waals surface area (Å²) in [6, 6.07) is 0. The first-order chi connectivity index (χ1) is 9.33. The Morgan fingerprint density at radius 3 is 2.63 bits per heavy atom. The molecule has 3 rings (SSSR count). The third kappa shape index (κ3) is 3.43. The topological polar surface area (TPSA) is 25.8 Å². The Hall–Kier alpha value is -0.280. The second-order valence-corrected chi connectivity index (χ2v) is 7.28. The van der Waals surface area contributed by atoms with Crippen LogP contribution in [-0.4, -0.2) is 15.2 Å². The Morgan fingerprint density at radius 1 is 1.00 bits per heavy atom. The quantitative estimate of drug-likeness (QED) is 0.603. The van der Waals surface area contributed by atoms with Gasteiger partial charge in [-0.2, -0.15) is 11.8 Å². The van der Waals surface area contributed by atoms with Crippen molar-refractivity contribution < 1.29 is 0 Å². The van der Waals surface area contributed by atoms with Gasteiger partial charge in [0.1, 0.15) is 11.0 Å². The van der Waals surface area contributed by atoms with Crippen molar-refractivity contribution in [1.29, 1.82) is 0 Å². The number of thioether (sulfide) groups is 1. The van der Waals surface area contributed by atoms with Crippen LogP contribution in [0.15, 0.2) is 0 Å². The lowest BCUT2D eigenvalue weighted by molar-refractivity contribution is 0.708. The van der Waals surface area contributed by atoms with Gasteiger partial charge in [-0.3, -0.25) is 0 Å². The molecule has 0 aliphatic heterocycles. The summed E-state index contributed by atoms with van der Waals surface area (Å²) >= 11 is 8.37. The average molecular weight is 297 g/mol. The monoisotopic (exact) mass is 296 g/mol. The number of fused-ring (bicyclic) bond motifs is 1. The molecule has 2 aliphatic carbocycles. The fourth-order valence-corrected chi connectivity index (χ4v) is 4.57. The zero-order chi connectivity index (χ0) is 13.1. The first-order valence-electron chi connectivity index (χ1n) is 7.48. The lowest BCUT2D eigenvalue weighted by Crippen LogP contribution is -2.05. The van der Waals surface area contributed by atoms with Crippen molar-refractivity contribution >= 4 is 23.4 Å². The predicted molar refractivity (Wildman–Crippen MR) is 81.9 cm³/mol. The highest BCUT2D eigenvalue weighted by Crippen LogP contribution is 2.32. The number of hydrogen-bond acceptors (Lipinski definition) is 3. The highest BCUT2D eigenvalue weighted by Gasteiger charge is 2.18. The van der Waals surface area contributed by atoms with Crippen molar-refractivity contribution in [3.05, 3.63) is 22.2 Å². The highest BCUT2D eigenvalue weighted by molar-refractivity contribution is 7.99. The fourth-order valence-electron chi connectivity index (χ4n) is 3.09. The van der Waals surface area contributed by atoms with Crippen LogP contribution in [0.25, 0.3) is 0 Å². The summed E-state index contributed by atoms with van der Waals surface area (Å²) in [5.74, 6) is 1.88. The zero-order valence-corrected chi connectivity index (χ0v) is 12.9. The molecule has 0 N–H and O–H groups in total. The van der Waals surface area contributed by atoms with E-state index in [4.69, 9.17) is 16.6 Å². The van der Waals surface area contributed by atoms with E-state index in [1.165, 1.54) is 56.2 Å². The van der Waals surface area contributed by atoms with Crippen molar-refractivity contribution in [1.82, 2.24) is 9.97 Å². The molecule has 2 aliphatic rings. The second-order valence-electron chi connectivity index (χ2n) is 5.63. The van der Waals surface area contributed by atoms with E-state index in [0.29, 0.717) is 5.15 Å². The van der Waals surface area contributed by atoms with Gasteiger partial charge in [-0.25, -0.2) is 9.97 Å². The maximum atomic E-state index is 6.35. The van der Waals surface area contributed by atoms with E-state index in [1.54, 1.807) is 0 Å². The molecule has 2 nitrogen and oxygen atoms in total. The summed E-state index contributed by atoms with van der Waals surface area (Å²) in [5, 5.41) is 1.54. The largest absolute Gasteiger partial charge is 0.237 e. The molecule has 104 valence electrons. The minimum atomic E-state index is 0.717. The molecule has 0 spiro atoms. The molecule has 19 heavy (non-hydrogen) atoms. The molecule has 0 amide bonds. The molecule has 0 aromatic carbocycles. The van der Waals surface area contributed by atoms with Crippen molar-refractivity contribution in [2.24, 2.45) is 0 Å². The van der Waals surface area contributed by atoms with Crippen LogP contribution in [0.4, 0.5) is 0 Å². The van der Waals surface area contributed by atoms with Crippen LogP contribution < -0.4 is 0 Å². The van der Waals surface area contributed by atoms with Gasteiger partial charge in [-0.05, 0) is 38.5 Å². The molecule has 1 aromatic heterocycles. The smallest absolute Gasteiger partial charge is 0.140 e. The molecule has 1 heterocycles. The minimum absolute atomic E-state index is 0.717. The van der Waals surface area contributed by atoms with Crippen molar-refractivity contribution in [3.8, 4) is 0 Å². The van der Waals surface area contributed by atoms with Crippen LogP contribution in [0.3, 0.4) is 0 Å². The van der Waals surface area contributed by atoms with E-state index in [9.17, 15) is 0 Å². The van der Waals surface area contributed by atoms with E-state index in [0.717, 1.165) is 29.7 Å². The number of hydrogen-bond donors (Lipinski definition) is 0. The molecule has 1 aromatic rings. The summed E-state index contributed by atoms with van der Waals surface area (Å²) in [5.41, 5.74) is 2.44. The maximum Gasteiger partial charge on any atom is 0.140 e. The van der Waals surface area contributed by atoms with Gasteiger partial charge in [-0.15, -0.1) is 0 Å². The Morgan fingerprint density at radius 2 is 1.79 bits per heavy atom. The Kier molecular flexibility index (Phi) is 4.65. The normalized spacial score (nSPS) is 20.3. The van der Waals surface area contributed by atoms with Gasteiger partial charge in [0.15, 0.2) is 0 Å². The van der Waals surface area contributed by atoms with Crippen LogP contribution in [0.1, 0.15) is 62.0 Å². The molecule has 1 saturated carbocycles. The average Bonchev–Trinajstić information content (AvgIpc) is 2.81. The van der Waals surface area contributed by atoms with Gasteiger partial charge < -0.3 is 0 Å². The van der Waals surface area contributed by atoms with E-state index >= 15 is 0 Å². The lowest BCUT2D eigenvalue weighted by Gasteiger charge is -2.11. The summed E-state index contributed by atoms with van der Waals surface area (Å²) in [7, 11) is 0. The first kappa shape index (κ1) is 13.7. The third-order valence-electron chi connectivity index (χ3n) is 4.18. The van der Waals surface area contributed by atoms with Gasteiger partial charge in [-0.1, -0.05) is 30.9 Å². The Bertz CT molecular complexity index is 444. The molecule has 0 radical (unpaired) electrons. The maximum absolute atomic E-state index is 6.35. The molecule has 4 heteroatoms. The number of rotatable bonds is 3. The molecule has 0 unspecified atom stereocenters. The van der Waals surface area contributed by atoms with Crippen molar-refractivity contribution in [2.45, 2.75) is 68.8 Å². The minimum Gasteiger partial charge on any atom is -0.237 e. The van der Waals surface area contributed by atoms with Gasteiger partial charge in [0.25, 0.3) is 0 Å². The van der Waals surface area contributed by atoms with Gasteiger partial charge in [0.2, 0.25) is 0 Å². The molecular formula is C15H21ClN2S. The lowest BCUT2D eigenvalue weighted by atomic mass is 10.1. The van der Waals surface area contributed by atoms with E-state index in [-0.39, 0.29) is 0 Å². The number of aryl methyl sites for hydroxylation is 1. The SMILES string of the molecule is Clc1nc(CSC2CCCC2)nc2c1CCCCC2. The summed E-state index contributed by atoms with van der Waals surface area (Å²) in [6.07, 6.45) is 11.4. The zero-order valence-electron chi connectivity index (χ0n) is 11.3. The molecular weight excluding hydrogens is 276 g/mol. The molecule has 0 atom stereocenters.